The second-order valence-corrected chi connectivity index (χ2v) is 7.99. The molecule has 1 aromatic carbocycles. The van der Waals surface area contributed by atoms with Crippen molar-refractivity contribution in [2.45, 2.75) is 52.1 Å². The fourth-order valence-electron chi connectivity index (χ4n) is 3.59. The number of nitrogens with zero attached hydrogens (tertiary/aromatic N) is 2. The molecule has 1 saturated carbocycles. The van der Waals surface area contributed by atoms with Crippen LogP contribution in [0.3, 0.4) is 0 Å². The number of amides is 1. The van der Waals surface area contributed by atoms with Crippen molar-refractivity contribution in [2.24, 2.45) is 11.3 Å². The van der Waals surface area contributed by atoms with Crippen LogP contribution in [0.5, 0.6) is 0 Å². The van der Waals surface area contributed by atoms with Gasteiger partial charge in [-0.05, 0) is 36.3 Å². The van der Waals surface area contributed by atoms with E-state index in [-0.39, 0.29) is 29.5 Å². The van der Waals surface area contributed by atoms with Crippen molar-refractivity contribution < 1.29 is 22.5 Å². The van der Waals surface area contributed by atoms with E-state index < -0.39 is 12.6 Å². The van der Waals surface area contributed by atoms with Crippen LogP contribution in [0.2, 0.25) is 0 Å². The lowest BCUT2D eigenvalue weighted by atomic mass is 9.82. The molecule has 8 heteroatoms. The Morgan fingerprint density at radius 3 is 2.61 bits per heavy atom. The summed E-state index contributed by atoms with van der Waals surface area (Å²) in [5.41, 5.74) is 1.34. The molecule has 3 rings (SSSR count). The SMILES string of the molecule is CC1(C)CCC[C@H]1CNC(=O)c1ccc(-c2noc(CCC(F)(F)F)n2)cc1. The number of hydrogen-bond acceptors (Lipinski definition) is 4. The molecular formula is C20H24F3N3O2. The van der Waals surface area contributed by atoms with Gasteiger partial charge in [0.15, 0.2) is 0 Å². The first-order valence-electron chi connectivity index (χ1n) is 9.42. The van der Waals surface area contributed by atoms with E-state index >= 15 is 0 Å². The lowest BCUT2D eigenvalue weighted by Gasteiger charge is -2.27. The highest BCUT2D eigenvalue weighted by Crippen LogP contribution is 2.42. The van der Waals surface area contributed by atoms with Crippen molar-refractivity contribution in [3.8, 4) is 11.4 Å². The largest absolute Gasteiger partial charge is 0.389 e. The fraction of sp³-hybridized carbons (Fsp3) is 0.550. The Bertz CT molecular complexity index is 813. The summed E-state index contributed by atoms with van der Waals surface area (Å²) in [6.07, 6.45) is -2.13. The zero-order chi connectivity index (χ0) is 20.4. The highest BCUT2D eigenvalue weighted by Gasteiger charge is 2.34. The van der Waals surface area contributed by atoms with Crippen LogP contribution in [0.25, 0.3) is 11.4 Å². The van der Waals surface area contributed by atoms with Crippen molar-refractivity contribution in [3.05, 3.63) is 35.7 Å². The molecule has 0 saturated heterocycles. The van der Waals surface area contributed by atoms with E-state index in [2.05, 4.69) is 29.3 Å². The van der Waals surface area contributed by atoms with Crippen LogP contribution in [0.15, 0.2) is 28.8 Å². The highest BCUT2D eigenvalue weighted by molar-refractivity contribution is 5.94. The third kappa shape index (κ3) is 5.11. The first-order valence-corrected chi connectivity index (χ1v) is 9.42. The van der Waals surface area contributed by atoms with Crippen molar-refractivity contribution in [2.75, 3.05) is 6.54 Å². The average Bonchev–Trinajstić information content (AvgIpc) is 3.23. The molecule has 1 atom stereocenters. The second kappa shape index (κ2) is 7.93. The molecule has 0 bridgehead atoms. The van der Waals surface area contributed by atoms with E-state index in [1.807, 2.05) is 0 Å². The van der Waals surface area contributed by atoms with Gasteiger partial charge < -0.3 is 9.84 Å². The summed E-state index contributed by atoms with van der Waals surface area (Å²) in [5, 5.41) is 6.71. The molecule has 0 unspecified atom stereocenters. The summed E-state index contributed by atoms with van der Waals surface area (Å²) < 4.78 is 41.7. The molecule has 5 nitrogen and oxygen atoms in total. The van der Waals surface area contributed by atoms with E-state index in [1.165, 1.54) is 12.8 Å². The van der Waals surface area contributed by atoms with Gasteiger partial charge in [-0.15, -0.1) is 0 Å². The van der Waals surface area contributed by atoms with Crippen molar-refractivity contribution >= 4 is 5.91 Å². The number of halogens is 3. The summed E-state index contributed by atoms with van der Waals surface area (Å²) >= 11 is 0. The number of rotatable bonds is 6. The first-order chi connectivity index (χ1) is 13.1. The van der Waals surface area contributed by atoms with Crippen LogP contribution in [0, 0.1) is 11.3 Å². The average molecular weight is 395 g/mol. The summed E-state index contributed by atoms with van der Waals surface area (Å²) in [7, 11) is 0. The smallest absolute Gasteiger partial charge is 0.352 e. The number of carbonyl (C=O) groups excluding carboxylic acids is 1. The van der Waals surface area contributed by atoms with Crippen molar-refractivity contribution in [3.63, 3.8) is 0 Å². The first kappa shape index (κ1) is 20.4. The quantitative estimate of drug-likeness (QED) is 0.764. The molecule has 2 aromatic rings. The van der Waals surface area contributed by atoms with Crippen LogP contribution in [0.4, 0.5) is 13.2 Å². The number of aryl methyl sites for hydroxylation is 1. The monoisotopic (exact) mass is 395 g/mol. The molecule has 0 radical (unpaired) electrons. The number of hydrogen-bond donors (Lipinski definition) is 1. The van der Waals surface area contributed by atoms with Crippen LogP contribution in [-0.2, 0) is 6.42 Å². The molecule has 1 aromatic heterocycles. The molecule has 0 aliphatic heterocycles. The predicted octanol–water partition coefficient (Wildman–Crippen LogP) is 4.79. The minimum absolute atomic E-state index is 0.0617. The summed E-state index contributed by atoms with van der Waals surface area (Å²) in [6.45, 7) is 5.12. The molecule has 152 valence electrons. The van der Waals surface area contributed by atoms with E-state index in [0.29, 0.717) is 23.6 Å². The predicted molar refractivity (Wildman–Crippen MR) is 97.6 cm³/mol. The maximum atomic E-state index is 12.4. The molecule has 1 aliphatic carbocycles. The molecule has 0 spiro atoms. The van der Waals surface area contributed by atoms with Crippen molar-refractivity contribution in [1.29, 1.82) is 0 Å². The van der Waals surface area contributed by atoms with Gasteiger partial charge in [-0.1, -0.05) is 37.6 Å². The third-order valence-electron chi connectivity index (χ3n) is 5.48. The van der Waals surface area contributed by atoms with Gasteiger partial charge in [-0.25, -0.2) is 0 Å². The standard InChI is InChI=1S/C20H24F3N3O2/c1-19(2)10-3-4-15(19)12-24-18(27)14-7-5-13(6-8-14)17-25-16(28-26-17)9-11-20(21,22)23/h5-8,15H,3-4,9-12H2,1-2H3,(H,24,27)/t15-/m0/s1. The van der Waals surface area contributed by atoms with Gasteiger partial charge >= 0.3 is 6.18 Å². The van der Waals surface area contributed by atoms with Crippen LogP contribution in [-0.4, -0.2) is 28.8 Å². The van der Waals surface area contributed by atoms with Gasteiger partial charge in [-0.3, -0.25) is 4.79 Å². The van der Waals surface area contributed by atoms with Gasteiger partial charge in [0.25, 0.3) is 5.91 Å². The number of alkyl halides is 3. The van der Waals surface area contributed by atoms with Gasteiger partial charge in [0, 0.05) is 24.1 Å². The highest BCUT2D eigenvalue weighted by atomic mass is 19.4. The third-order valence-corrected chi connectivity index (χ3v) is 5.48. The summed E-state index contributed by atoms with van der Waals surface area (Å²) in [5.74, 6) is 0.476. The Labute approximate surface area is 161 Å². The Morgan fingerprint density at radius 2 is 2.00 bits per heavy atom. The number of carbonyl (C=O) groups is 1. The Balaban J connectivity index is 1.57. The van der Waals surface area contributed by atoms with E-state index in [1.54, 1.807) is 24.3 Å². The molecular weight excluding hydrogens is 371 g/mol. The Hall–Kier alpha value is -2.38. The lowest BCUT2D eigenvalue weighted by molar-refractivity contribution is -0.134. The fourth-order valence-corrected chi connectivity index (χ4v) is 3.59. The van der Waals surface area contributed by atoms with E-state index in [4.69, 9.17) is 4.52 Å². The number of aromatic nitrogens is 2. The maximum absolute atomic E-state index is 12.4. The lowest BCUT2D eigenvalue weighted by Crippen LogP contribution is -2.33. The summed E-state index contributed by atoms with van der Waals surface area (Å²) in [4.78, 5) is 16.4. The number of benzene rings is 1. The van der Waals surface area contributed by atoms with E-state index in [9.17, 15) is 18.0 Å². The van der Waals surface area contributed by atoms with Crippen LogP contribution < -0.4 is 5.32 Å². The molecule has 1 fully saturated rings. The van der Waals surface area contributed by atoms with Gasteiger partial charge in [0.05, 0.1) is 6.42 Å². The normalized spacial score (nSPS) is 19.0. The van der Waals surface area contributed by atoms with Crippen molar-refractivity contribution in [1.82, 2.24) is 15.5 Å². The minimum atomic E-state index is -4.27. The van der Waals surface area contributed by atoms with Crippen LogP contribution in [0.1, 0.15) is 55.8 Å². The molecule has 1 aliphatic rings. The zero-order valence-electron chi connectivity index (χ0n) is 16.0. The Kier molecular flexibility index (Phi) is 5.76. The summed E-state index contributed by atoms with van der Waals surface area (Å²) in [6, 6.07) is 6.62. The second-order valence-electron chi connectivity index (χ2n) is 7.99. The number of nitrogens with one attached hydrogen (secondary N) is 1. The zero-order valence-corrected chi connectivity index (χ0v) is 16.0. The van der Waals surface area contributed by atoms with Gasteiger partial charge in [0.1, 0.15) is 0 Å². The molecule has 1 amide bonds. The van der Waals surface area contributed by atoms with Gasteiger partial charge in [-0.2, -0.15) is 18.2 Å². The maximum Gasteiger partial charge on any atom is 0.389 e. The molecule has 1 N–H and O–H groups in total. The van der Waals surface area contributed by atoms with E-state index in [0.717, 1.165) is 6.42 Å². The topological polar surface area (TPSA) is 68.0 Å². The minimum Gasteiger partial charge on any atom is -0.352 e. The van der Waals surface area contributed by atoms with Crippen LogP contribution >= 0.6 is 0 Å². The molecule has 1 heterocycles. The Morgan fingerprint density at radius 1 is 1.29 bits per heavy atom. The van der Waals surface area contributed by atoms with Gasteiger partial charge in [0.2, 0.25) is 11.7 Å². The molecule has 28 heavy (non-hydrogen) atoms.